The van der Waals surface area contributed by atoms with Crippen molar-refractivity contribution in [3.8, 4) is 22.6 Å². The first kappa shape index (κ1) is 38.2. The molecule has 5 amide bonds. The molecule has 3 N–H and O–H groups in total. The van der Waals surface area contributed by atoms with Crippen molar-refractivity contribution < 1.29 is 33.4 Å². The average Bonchev–Trinajstić information content (AvgIpc) is 3.43. The number of anilines is 1. The highest BCUT2D eigenvalue weighted by Gasteiger charge is 2.45. The lowest BCUT2D eigenvalue weighted by Gasteiger charge is -2.40. The van der Waals surface area contributed by atoms with Crippen LogP contribution in [0.3, 0.4) is 0 Å². The van der Waals surface area contributed by atoms with Crippen molar-refractivity contribution in [1.82, 2.24) is 34.9 Å². The Labute approximate surface area is 322 Å². The van der Waals surface area contributed by atoms with Crippen LogP contribution in [-0.2, 0) is 28.0 Å². The summed E-state index contributed by atoms with van der Waals surface area (Å²) in [5, 5.41) is 9.81. The molecule has 0 spiro atoms. The first-order valence-electron chi connectivity index (χ1n) is 18.5. The van der Waals surface area contributed by atoms with Gasteiger partial charge in [0.15, 0.2) is 0 Å². The normalized spacial score (nSPS) is 18.2. The zero-order valence-corrected chi connectivity index (χ0v) is 31.7. The zero-order chi connectivity index (χ0) is 39.7. The number of aryl methyl sites for hydroxylation is 1. The van der Waals surface area contributed by atoms with E-state index in [4.69, 9.17) is 9.47 Å². The third-order valence-corrected chi connectivity index (χ3v) is 10.8. The van der Waals surface area contributed by atoms with Crippen LogP contribution in [0.1, 0.15) is 45.5 Å². The van der Waals surface area contributed by atoms with Gasteiger partial charge >= 0.3 is 0 Å². The van der Waals surface area contributed by atoms with Crippen LogP contribution in [0, 0.1) is 0 Å². The van der Waals surface area contributed by atoms with Crippen LogP contribution < -0.4 is 31.0 Å². The number of amides is 5. The number of nitrogens with one attached hydrogen (secondary N) is 3. The molecule has 0 aliphatic carbocycles. The van der Waals surface area contributed by atoms with E-state index in [0.29, 0.717) is 55.3 Å². The predicted octanol–water partition coefficient (Wildman–Crippen LogP) is 1.75. The van der Waals surface area contributed by atoms with Crippen LogP contribution in [0.2, 0.25) is 0 Å². The smallest absolute Gasteiger partial charge is 0.264 e. The molecule has 16 nitrogen and oxygen atoms in total. The Bertz CT molecular complexity index is 2280. The maximum atomic E-state index is 13.4. The van der Waals surface area contributed by atoms with E-state index in [1.807, 2.05) is 30.1 Å². The van der Waals surface area contributed by atoms with Gasteiger partial charge in [0, 0.05) is 82.6 Å². The van der Waals surface area contributed by atoms with Crippen molar-refractivity contribution >= 4 is 46.0 Å². The van der Waals surface area contributed by atoms with Gasteiger partial charge < -0.3 is 29.6 Å². The summed E-state index contributed by atoms with van der Waals surface area (Å²) in [5.41, 5.74) is 3.26. The number of hydrogen-bond acceptors (Lipinski definition) is 12. The van der Waals surface area contributed by atoms with E-state index in [9.17, 15) is 28.8 Å². The highest BCUT2D eigenvalue weighted by molar-refractivity contribution is 6.25. The molecule has 56 heavy (non-hydrogen) atoms. The molecule has 0 bridgehead atoms. The van der Waals surface area contributed by atoms with Gasteiger partial charge in [0.05, 0.1) is 42.3 Å². The fourth-order valence-corrected chi connectivity index (χ4v) is 7.61. The number of nitrogens with zero attached hydrogens (tertiary/aromatic N) is 5. The van der Waals surface area contributed by atoms with E-state index < -0.39 is 29.7 Å². The maximum absolute atomic E-state index is 13.4. The van der Waals surface area contributed by atoms with Crippen molar-refractivity contribution in [2.45, 2.75) is 37.9 Å². The van der Waals surface area contributed by atoms with Crippen molar-refractivity contribution in [2.75, 3.05) is 59.3 Å². The molecular weight excluding hydrogens is 720 g/mol. The molecule has 1 unspecified atom stereocenters. The van der Waals surface area contributed by atoms with Crippen LogP contribution in [0.4, 0.5) is 5.69 Å². The van der Waals surface area contributed by atoms with Crippen LogP contribution in [-0.4, -0.2) is 120 Å². The molecule has 292 valence electrons. The number of methoxy groups -OCH3 is 2. The first-order valence-corrected chi connectivity index (χ1v) is 18.5. The number of fused-ring (bicyclic) bond motifs is 2. The van der Waals surface area contributed by atoms with Gasteiger partial charge in [0.1, 0.15) is 17.5 Å². The van der Waals surface area contributed by atoms with Gasteiger partial charge in [-0.3, -0.25) is 48.9 Å². The van der Waals surface area contributed by atoms with Crippen LogP contribution in [0.15, 0.2) is 59.8 Å². The molecule has 7 rings (SSSR count). The molecule has 2 aromatic heterocycles. The number of likely N-dealkylation sites (N-methyl/N-ethyl adjacent to an activating group) is 1. The minimum atomic E-state index is -1.03. The number of aromatic nitrogens is 2. The second-order valence-electron chi connectivity index (χ2n) is 14.2. The molecule has 4 aromatic rings. The summed E-state index contributed by atoms with van der Waals surface area (Å²) >= 11 is 0. The first-order chi connectivity index (χ1) is 27.0. The third-order valence-electron chi connectivity index (χ3n) is 10.8. The number of carbonyl (C=O) groups excluding carboxylic acids is 5. The van der Waals surface area contributed by atoms with Gasteiger partial charge in [-0.25, -0.2) is 0 Å². The number of carbonyl (C=O) groups is 5. The molecule has 5 heterocycles. The van der Waals surface area contributed by atoms with Gasteiger partial charge in [0.2, 0.25) is 17.7 Å². The van der Waals surface area contributed by atoms with Crippen LogP contribution >= 0.6 is 0 Å². The van der Waals surface area contributed by atoms with Gasteiger partial charge in [0.25, 0.3) is 17.4 Å². The molecule has 0 saturated carbocycles. The SMILES string of the molecule is COc1cc(-c2cn(C)c(=O)c3cnccc23)cc(OC)c1CN1CC[C@H]1C(=O)NCCN(C)CCNc1cccc2c1C(=O)N(C1CCC(=O)NC1=O)C2=O. The number of rotatable bonds is 14. The Balaban J connectivity index is 0.920. The molecule has 2 fully saturated rings. The zero-order valence-electron chi connectivity index (χ0n) is 31.7. The van der Waals surface area contributed by atoms with Gasteiger partial charge in [-0.15, -0.1) is 0 Å². The maximum Gasteiger partial charge on any atom is 0.264 e. The van der Waals surface area contributed by atoms with Crippen LogP contribution in [0.5, 0.6) is 11.5 Å². The molecule has 2 atom stereocenters. The Hall–Kier alpha value is -6.13. The number of imide groups is 2. The topological polar surface area (TPSA) is 185 Å². The second-order valence-corrected chi connectivity index (χ2v) is 14.2. The monoisotopic (exact) mass is 764 g/mol. The molecular formula is C40H44N8O8. The second kappa shape index (κ2) is 15.9. The standard InChI is InChI=1S/C40H44N8O8/c1-45(16-13-42-29-7-5-6-25-35(29)40(54)48(39(25)53)31-8-9-34(49)44-37(31)51)17-14-43-36(50)30-11-15-47(30)22-28-32(55-3)18-23(19-33(28)56-4)27-21-46(2)38(52)26-20-41-12-10-24(26)27/h5-7,10,12,18-21,30-31,42H,8-9,11,13-17,22H2,1-4H3,(H,43,50)(H,44,49,51)/t30-,31?/m0/s1. The Morgan fingerprint density at radius 1 is 0.964 bits per heavy atom. The van der Waals surface area contributed by atoms with E-state index in [0.717, 1.165) is 39.9 Å². The lowest BCUT2D eigenvalue weighted by molar-refractivity contribution is -0.136. The summed E-state index contributed by atoms with van der Waals surface area (Å²) in [6, 6.07) is 9.29. The van der Waals surface area contributed by atoms with E-state index in [1.54, 1.807) is 58.1 Å². The number of benzene rings is 2. The van der Waals surface area contributed by atoms with E-state index in [-0.39, 0.29) is 41.5 Å². The fraction of sp³-hybridized carbons (Fsp3) is 0.375. The summed E-state index contributed by atoms with van der Waals surface area (Å²) in [4.78, 5) is 85.9. The summed E-state index contributed by atoms with van der Waals surface area (Å²) in [5.74, 6) is -1.03. The molecule has 3 aliphatic heterocycles. The Morgan fingerprint density at radius 2 is 1.71 bits per heavy atom. The van der Waals surface area contributed by atoms with Crippen molar-refractivity contribution in [3.05, 3.63) is 82.0 Å². The number of piperidine rings is 1. The predicted molar refractivity (Wildman–Crippen MR) is 206 cm³/mol. The largest absolute Gasteiger partial charge is 0.496 e. The lowest BCUT2D eigenvalue weighted by atomic mass is 9.97. The van der Waals surface area contributed by atoms with Crippen molar-refractivity contribution in [1.29, 1.82) is 0 Å². The van der Waals surface area contributed by atoms with E-state index in [2.05, 4.69) is 25.8 Å². The van der Waals surface area contributed by atoms with Gasteiger partial charge in [-0.05, 0) is 61.2 Å². The minimum absolute atomic E-state index is 0.0535. The molecule has 2 saturated heterocycles. The lowest BCUT2D eigenvalue weighted by Crippen LogP contribution is -2.56. The van der Waals surface area contributed by atoms with Gasteiger partial charge in [-0.2, -0.15) is 0 Å². The number of pyridine rings is 2. The number of hydrogen-bond donors (Lipinski definition) is 3. The quantitative estimate of drug-likeness (QED) is 0.159. The Morgan fingerprint density at radius 3 is 2.41 bits per heavy atom. The Kier molecular flexibility index (Phi) is 10.8. The fourth-order valence-electron chi connectivity index (χ4n) is 7.61. The molecule has 3 aliphatic rings. The summed E-state index contributed by atoms with van der Waals surface area (Å²) in [6.45, 7) is 3.21. The summed E-state index contributed by atoms with van der Waals surface area (Å²) in [6.07, 6.45) is 5.89. The van der Waals surface area contributed by atoms with Gasteiger partial charge in [-0.1, -0.05) is 6.07 Å². The number of likely N-dealkylation sites (tertiary alicyclic amines) is 1. The van der Waals surface area contributed by atoms with Crippen molar-refractivity contribution in [3.63, 3.8) is 0 Å². The highest BCUT2D eigenvalue weighted by Crippen LogP contribution is 2.39. The van der Waals surface area contributed by atoms with E-state index in [1.165, 1.54) is 4.57 Å². The van der Waals surface area contributed by atoms with Crippen LogP contribution in [0.25, 0.3) is 21.9 Å². The van der Waals surface area contributed by atoms with Crippen molar-refractivity contribution in [2.24, 2.45) is 7.05 Å². The van der Waals surface area contributed by atoms with E-state index >= 15 is 0 Å². The molecule has 0 radical (unpaired) electrons. The average molecular weight is 765 g/mol. The summed E-state index contributed by atoms with van der Waals surface area (Å²) < 4.78 is 13.2. The highest BCUT2D eigenvalue weighted by atomic mass is 16.5. The minimum Gasteiger partial charge on any atom is -0.496 e. The number of ether oxygens (including phenoxy) is 2. The third kappa shape index (κ3) is 7.20. The molecule has 16 heteroatoms. The summed E-state index contributed by atoms with van der Waals surface area (Å²) in [7, 11) is 6.83. The molecule has 2 aromatic carbocycles.